The second-order valence-corrected chi connectivity index (χ2v) is 24.7. The maximum atomic E-state index is 2.86. The van der Waals surface area contributed by atoms with Gasteiger partial charge in [0.1, 0.15) is 0 Å². The lowest BCUT2D eigenvalue weighted by Gasteiger charge is -2.46. The molecule has 0 heterocycles. The van der Waals surface area contributed by atoms with Crippen molar-refractivity contribution in [2.24, 2.45) is 29.1 Å². The van der Waals surface area contributed by atoms with E-state index in [1.54, 1.807) is 27.8 Å². The van der Waals surface area contributed by atoms with E-state index in [9.17, 15) is 0 Å². The highest BCUT2D eigenvalue weighted by atomic mass is 28.3. The summed E-state index contributed by atoms with van der Waals surface area (Å²) in [5.74, 6) is 2.73. The van der Waals surface area contributed by atoms with Gasteiger partial charge in [0.25, 0.3) is 0 Å². The highest BCUT2D eigenvalue weighted by molar-refractivity contribution is 6.80. The second kappa shape index (κ2) is 16.8. The zero-order valence-electron chi connectivity index (χ0n) is 35.8. The first-order valence-corrected chi connectivity index (χ1v) is 26.1. The molecular formula is C55H70Si. The van der Waals surface area contributed by atoms with Crippen molar-refractivity contribution in [1.82, 2.24) is 0 Å². The van der Waals surface area contributed by atoms with E-state index in [4.69, 9.17) is 0 Å². The van der Waals surface area contributed by atoms with Crippen LogP contribution in [-0.4, -0.2) is 8.07 Å². The minimum absolute atomic E-state index is 0.471. The standard InChI is InChI=1S/C55H70Si/c1-7-9-21-40-34-41(22-10-8-2)36-43(35-40)46-27-19-29-49-51(46)33-39(3)53(49)56(5,6)54-44(38-55(4)31-17-12-18-32-55)37-52-48(28-20-30-50(52)54)47-26-16-15-25-45(47)42-23-13-11-14-24-42/h11,13-16,19-20,23-30,34-36,39,44,49,51,53-54H,7-10,12,17-18,21-22,31-33,37-38H2,1-6H3. The van der Waals surface area contributed by atoms with Crippen LogP contribution in [0, 0.1) is 29.1 Å². The van der Waals surface area contributed by atoms with Crippen molar-refractivity contribution in [2.45, 2.75) is 142 Å². The van der Waals surface area contributed by atoms with E-state index < -0.39 is 8.07 Å². The first-order chi connectivity index (χ1) is 27.2. The molecule has 8 rings (SSSR count). The van der Waals surface area contributed by atoms with E-state index in [0.29, 0.717) is 22.8 Å². The topological polar surface area (TPSA) is 0 Å². The molecule has 0 aliphatic heterocycles. The fourth-order valence-corrected chi connectivity index (χ4v) is 19.0. The highest BCUT2D eigenvalue weighted by Gasteiger charge is 2.56. The summed E-state index contributed by atoms with van der Waals surface area (Å²) < 4.78 is 0. The molecule has 0 aromatic heterocycles. The molecule has 0 amide bonds. The third-order valence-electron chi connectivity index (χ3n) is 15.4. The van der Waals surface area contributed by atoms with Crippen molar-refractivity contribution in [3.63, 3.8) is 0 Å². The van der Waals surface area contributed by atoms with Gasteiger partial charge in [0, 0.05) is 0 Å². The molecule has 56 heavy (non-hydrogen) atoms. The van der Waals surface area contributed by atoms with Crippen LogP contribution in [0.5, 0.6) is 0 Å². The van der Waals surface area contributed by atoms with Gasteiger partial charge >= 0.3 is 0 Å². The zero-order chi connectivity index (χ0) is 38.9. The number of fused-ring (bicyclic) bond motifs is 2. The van der Waals surface area contributed by atoms with Crippen LogP contribution in [0.1, 0.15) is 132 Å². The average molecular weight is 759 g/mol. The Hall–Kier alpha value is -3.42. The van der Waals surface area contributed by atoms with Gasteiger partial charge in [-0.1, -0.05) is 182 Å². The van der Waals surface area contributed by atoms with Crippen molar-refractivity contribution in [3.8, 4) is 22.3 Å². The summed E-state index contributed by atoms with van der Waals surface area (Å²) in [4.78, 5) is 0. The Morgan fingerprint density at radius 3 is 2.07 bits per heavy atom. The summed E-state index contributed by atoms with van der Waals surface area (Å²) in [5.41, 5.74) is 17.2. The number of benzene rings is 4. The van der Waals surface area contributed by atoms with Crippen LogP contribution in [0.3, 0.4) is 0 Å². The summed E-state index contributed by atoms with van der Waals surface area (Å²) in [6.45, 7) is 15.7. The SMILES string of the molecule is CCCCc1cc(CCCC)cc(C2=CC=CC3C2CC(C)C3[Si](C)(C)C2c3cccc(-c4ccccc4-c4ccccc4)c3CC2CC2(C)CCCCC2)c1. The molecule has 6 atom stereocenters. The predicted molar refractivity (Wildman–Crippen MR) is 246 cm³/mol. The number of rotatable bonds is 13. The van der Waals surface area contributed by atoms with Crippen LogP contribution >= 0.6 is 0 Å². The molecule has 4 aliphatic rings. The summed E-state index contributed by atoms with van der Waals surface area (Å²) in [6, 6.07) is 35.6. The first kappa shape index (κ1) is 39.4. The van der Waals surface area contributed by atoms with Crippen molar-refractivity contribution < 1.29 is 0 Å². The van der Waals surface area contributed by atoms with Gasteiger partial charge in [-0.05, 0) is 154 Å². The van der Waals surface area contributed by atoms with Gasteiger partial charge in [-0.15, -0.1) is 0 Å². The minimum Gasteiger partial charge on any atom is -0.0808 e. The molecule has 0 spiro atoms. The summed E-state index contributed by atoms with van der Waals surface area (Å²) >= 11 is 0. The van der Waals surface area contributed by atoms with Gasteiger partial charge in [-0.2, -0.15) is 0 Å². The predicted octanol–water partition coefficient (Wildman–Crippen LogP) is 15.9. The maximum Gasteiger partial charge on any atom is 0.0594 e. The van der Waals surface area contributed by atoms with E-state index in [2.05, 4.69) is 150 Å². The fraction of sp³-hybridized carbons (Fsp3) is 0.491. The Labute approximate surface area is 342 Å². The lowest BCUT2D eigenvalue weighted by Crippen LogP contribution is -2.46. The second-order valence-electron chi connectivity index (χ2n) is 19.8. The van der Waals surface area contributed by atoms with Crippen molar-refractivity contribution >= 4 is 13.6 Å². The molecule has 294 valence electrons. The molecule has 2 saturated carbocycles. The number of hydrogen-bond acceptors (Lipinski definition) is 0. The lowest BCUT2D eigenvalue weighted by molar-refractivity contribution is 0.164. The Morgan fingerprint density at radius 2 is 1.38 bits per heavy atom. The molecule has 0 radical (unpaired) electrons. The van der Waals surface area contributed by atoms with Crippen LogP contribution in [0.2, 0.25) is 18.6 Å². The smallest absolute Gasteiger partial charge is 0.0594 e. The largest absolute Gasteiger partial charge is 0.0808 e. The van der Waals surface area contributed by atoms with Crippen LogP contribution in [0.15, 0.2) is 109 Å². The third kappa shape index (κ3) is 7.76. The Balaban J connectivity index is 1.18. The molecule has 4 aliphatic carbocycles. The van der Waals surface area contributed by atoms with Gasteiger partial charge in [0.15, 0.2) is 0 Å². The average Bonchev–Trinajstić information content (AvgIpc) is 3.76. The molecule has 6 unspecified atom stereocenters. The normalized spacial score (nSPS) is 25.5. The number of hydrogen-bond donors (Lipinski definition) is 0. The molecule has 1 heteroatoms. The molecule has 0 N–H and O–H groups in total. The lowest BCUT2D eigenvalue weighted by atomic mass is 9.70. The Bertz CT molecular complexity index is 2000. The first-order valence-electron chi connectivity index (χ1n) is 23.0. The molecule has 0 saturated heterocycles. The number of unbranched alkanes of at least 4 members (excludes halogenated alkanes) is 2. The van der Waals surface area contributed by atoms with Crippen LogP contribution in [-0.2, 0) is 19.3 Å². The highest BCUT2D eigenvalue weighted by Crippen LogP contribution is 2.63. The van der Waals surface area contributed by atoms with E-state index in [1.165, 1.54) is 118 Å². The van der Waals surface area contributed by atoms with E-state index in [-0.39, 0.29) is 0 Å². The third-order valence-corrected chi connectivity index (χ3v) is 20.5. The maximum absolute atomic E-state index is 2.86. The van der Waals surface area contributed by atoms with Gasteiger partial charge < -0.3 is 0 Å². The van der Waals surface area contributed by atoms with E-state index >= 15 is 0 Å². The molecule has 4 aromatic rings. The molecular weight excluding hydrogens is 689 g/mol. The summed E-state index contributed by atoms with van der Waals surface area (Å²) in [6.07, 6.45) is 26.3. The molecule has 0 nitrogen and oxygen atoms in total. The summed E-state index contributed by atoms with van der Waals surface area (Å²) in [7, 11) is -1.91. The Morgan fingerprint density at radius 1 is 0.714 bits per heavy atom. The summed E-state index contributed by atoms with van der Waals surface area (Å²) in [5, 5.41) is 0. The zero-order valence-corrected chi connectivity index (χ0v) is 36.8. The van der Waals surface area contributed by atoms with Crippen LogP contribution < -0.4 is 0 Å². The van der Waals surface area contributed by atoms with Crippen LogP contribution in [0.25, 0.3) is 27.8 Å². The van der Waals surface area contributed by atoms with E-state index in [1.807, 2.05) is 0 Å². The monoisotopic (exact) mass is 759 g/mol. The number of allylic oxidation sites excluding steroid dienone is 4. The van der Waals surface area contributed by atoms with Gasteiger partial charge in [-0.25, -0.2) is 0 Å². The van der Waals surface area contributed by atoms with E-state index in [0.717, 1.165) is 17.4 Å². The fourth-order valence-electron chi connectivity index (χ4n) is 13.1. The van der Waals surface area contributed by atoms with Crippen molar-refractivity contribution in [3.05, 3.63) is 137 Å². The quantitative estimate of drug-likeness (QED) is 0.119. The molecule has 0 bridgehead atoms. The minimum atomic E-state index is -1.91. The number of aryl methyl sites for hydroxylation is 2. The Kier molecular flexibility index (Phi) is 11.8. The molecule has 4 aromatic carbocycles. The van der Waals surface area contributed by atoms with Gasteiger partial charge in [0.05, 0.1) is 8.07 Å². The van der Waals surface area contributed by atoms with Crippen LogP contribution in [0.4, 0.5) is 0 Å². The van der Waals surface area contributed by atoms with Crippen molar-refractivity contribution in [2.75, 3.05) is 0 Å². The molecule has 2 fully saturated rings. The van der Waals surface area contributed by atoms with Crippen molar-refractivity contribution in [1.29, 1.82) is 0 Å². The van der Waals surface area contributed by atoms with Gasteiger partial charge in [0.2, 0.25) is 0 Å². The van der Waals surface area contributed by atoms with Gasteiger partial charge in [-0.3, -0.25) is 0 Å².